The summed E-state index contributed by atoms with van der Waals surface area (Å²) >= 11 is 3.30. The summed E-state index contributed by atoms with van der Waals surface area (Å²) < 4.78 is 26.9. The standard InChI is InChI=1S/C12H10BrF2N3/c1-2-16-12-10(13)6-17-11(18-12)7-3-8(14)5-9(15)4-7/h3-6H,2H2,1H3,(H,16,17,18). The SMILES string of the molecule is CCNc1nc(-c2cc(F)cc(F)c2)ncc1Br. The van der Waals surface area contributed by atoms with Gasteiger partial charge in [0.2, 0.25) is 0 Å². The second-order valence-electron chi connectivity index (χ2n) is 3.58. The highest BCUT2D eigenvalue weighted by atomic mass is 79.9. The average Bonchev–Trinajstić information content (AvgIpc) is 2.31. The van der Waals surface area contributed by atoms with Crippen molar-refractivity contribution in [1.82, 2.24) is 9.97 Å². The third-order valence-electron chi connectivity index (χ3n) is 2.21. The van der Waals surface area contributed by atoms with Gasteiger partial charge in [0, 0.05) is 24.4 Å². The fourth-order valence-electron chi connectivity index (χ4n) is 1.48. The predicted octanol–water partition coefficient (Wildman–Crippen LogP) is 3.62. The number of hydrogen-bond acceptors (Lipinski definition) is 3. The molecule has 0 aliphatic carbocycles. The highest BCUT2D eigenvalue weighted by molar-refractivity contribution is 9.10. The normalized spacial score (nSPS) is 10.4. The van der Waals surface area contributed by atoms with E-state index in [1.54, 1.807) is 6.20 Å². The van der Waals surface area contributed by atoms with Gasteiger partial charge in [0.15, 0.2) is 5.82 Å². The van der Waals surface area contributed by atoms with Gasteiger partial charge in [-0.1, -0.05) is 0 Å². The molecule has 0 aliphatic heterocycles. The highest BCUT2D eigenvalue weighted by Crippen LogP contribution is 2.24. The number of nitrogens with one attached hydrogen (secondary N) is 1. The molecular formula is C12H10BrF2N3. The predicted molar refractivity (Wildman–Crippen MR) is 69.2 cm³/mol. The lowest BCUT2D eigenvalue weighted by Gasteiger charge is -2.07. The second kappa shape index (κ2) is 5.39. The van der Waals surface area contributed by atoms with Gasteiger partial charge in [0.05, 0.1) is 4.47 Å². The molecule has 18 heavy (non-hydrogen) atoms. The molecule has 1 heterocycles. The van der Waals surface area contributed by atoms with Crippen LogP contribution in [0, 0.1) is 11.6 Å². The first-order valence-electron chi connectivity index (χ1n) is 5.33. The third-order valence-corrected chi connectivity index (χ3v) is 2.79. The van der Waals surface area contributed by atoms with E-state index in [2.05, 4.69) is 31.2 Å². The zero-order valence-corrected chi connectivity index (χ0v) is 11.1. The molecule has 94 valence electrons. The molecule has 0 saturated carbocycles. The maximum absolute atomic E-state index is 13.1. The van der Waals surface area contributed by atoms with Crippen LogP contribution in [-0.4, -0.2) is 16.5 Å². The van der Waals surface area contributed by atoms with Crippen molar-refractivity contribution in [2.45, 2.75) is 6.92 Å². The number of anilines is 1. The average molecular weight is 314 g/mol. The molecule has 0 fully saturated rings. The van der Waals surface area contributed by atoms with E-state index in [0.29, 0.717) is 22.4 Å². The molecule has 3 nitrogen and oxygen atoms in total. The Labute approximate surface area is 111 Å². The molecule has 6 heteroatoms. The Balaban J connectivity index is 2.47. The van der Waals surface area contributed by atoms with Gasteiger partial charge in [-0.3, -0.25) is 0 Å². The minimum absolute atomic E-state index is 0.271. The largest absolute Gasteiger partial charge is 0.369 e. The van der Waals surface area contributed by atoms with E-state index >= 15 is 0 Å². The van der Waals surface area contributed by atoms with Crippen LogP contribution < -0.4 is 5.32 Å². The molecule has 0 amide bonds. The first-order chi connectivity index (χ1) is 8.60. The van der Waals surface area contributed by atoms with Crippen LogP contribution in [0.3, 0.4) is 0 Å². The van der Waals surface area contributed by atoms with E-state index < -0.39 is 11.6 Å². The zero-order chi connectivity index (χ0) is 13.1. The van der Waals surface area contributed by atoms with E-state index in [-0.39, 0.29) is 5.82 Å². The van der Waals surface area contributed by atoms with E-state index in [1.165, 1.54) is 12.1 Å². The maximum atomic E-state index is 13.1. The van der Waals surface area contributed by atoms with Crippen LogP contribution in [0.4, 0.5) is 14.6 Å². The Hall–Kier alpha value is -1.56. The van der Waals surface area contributed by atoms with Crippen molar-refractivity contribution in [2.24, 2.45) is 0 Å². The summed E-state index contributed by atoms with van der Waals surface area (Å²) in [6.07, 6.45) is 1.54. The topological polar surface area (TPSA) is 37.8 Å². The monoisotopic (exact) mass is 313 g/mol. The van der Waals surface area contributed by atoms with Gasteiger partial charge in [-0.25, -0.2) is 18.7 Å². The highest BCUT2D eigenvalue weighted by Gasteiger charge is 2.09. The molecule has 2 rings (SSSR count). The molecule has 2 aromatic rings. The molecule has 0 saturated heterocycles. The first kappa shape index (κ1) is 12.9. The molecular weight excluding hydrogens is 304 g/mol. The minimum Gasteiger partial charge on any atom is -0.369 e. The van der Waals surface area contributed by atoms with Crippen LogP contribution in [-0.2, 0) is 0 Å². The van der Waals surface area contributed by atoms with Crippen molar-refractivity contribution >= 4 is 21.7 Å². The van der Waals surface area contributed by atoms with Crippen LogP contribution in [0.25, 0.3) is 11.4 Å². The summed E-state index contributed by atoms with van der Waals surface area (Å²) in [6.45, 7) is 2.61. The molecule has 1 aromatic heterocycles. The summed E-state index contributed by atoms with van der Waals surface area (Å²) in [6, 6.07) is 3.21. The zero-order valence-electron chi connectivity index (χ0n) is 9.54. The Morgan fingerprint density at radius 3 is 2.50 bits per heavy atom. The summed E-state index contributed by atoms with van der Waals surface area (Å²) in [5, 5.41) is 3.03. The molecule has 0 spiro atoms. The van der Waals surface area contributed by atoms with Crippen molar-refractivity contribution in [3.05, 3.63) is 40.5 Å². The molecule has 0 atom stereocenters. The summed E-state index contributed by atoms with van der Waals surface area (Å²) in [4.78, 5) is 8.25. The van der Waals surface area contributed by atoms with Crippen LogP contribution in [0.5, 0.6) is 0 Å². The van der Waals surface area contributed by atoms with Crippen molar-refractivity contribution in [3.63, 3.8) is 0 Å². The molecule has 1 N–H and O–H groups in total. The minimum atomic E-state index is -0.651. The lowest BCUT2D eigenvalue weighted by atomic mass is 10.2. The smallest absolute Gasteiger partial charge is 0.161 e. The molecule has 0 bridgehead atoms. The summed E-state index contributed by atoms with van der Waals surface area (Å²) in [7, 11) is 0. The third kappa shape index (κ3) is 2.81. The number of benzene rings is 1. The van der Waals surface area contributed by atoms with Crippen molar-refractivity contribution < 1.29 is 8.78 Å². The van der Waals surface area contributed by atoms with Crippen LogP contribution >= 0.6 is 15.9 Å². The van der Waals surface area contributed by atoms with Gasteiger partial charge >= 0.3 is 0 Å². The Morgan fingerprint density at radius 2 is 1.89 bits per heavy atom. The van der Waals surface area contributed by atoms with Crippen LogP contribution in [0.1, 0.15) is 6.92 Å². The number of aromatic nitrogens is 2. The van der Waals surface area contributed by atoms with Crippen LogP contribution in [0.2, 0.25) is 0 Å². The maximum Gasteiger partial charge on any atom is 0.161 e. The van der Waals surface area contributed by atoms with Gasteiger partial charge in [-0.15, -0.1) is 0 Å². The van der Waals surface area contributed by atoms with Gasteiger partial charge < -0.3 is 5.32 Å². The quantitative estimate of drug-likeness (QED) is 0.940. The Kier molecular flexibility index (Phi) is 3.86. The van der Waals surface area contributed by atoms with E-state index in [0.717, 1.165) is 6.07 Å². The van der Waals surface area contributed by atoms with Gasteiger partial charge in [0.25, 0.3) is 0 Å². The molecule has 0 unspecified atom stereocenters. The lowest BCUT2D eigenvalue weighted by molar-refractivity contribution is 0.584. The van der Waals surface area contributed by atoms with E-state index in [1.807, 2.05) is 6.92 Å². The fraction of sp³-hybridized carbons (Fsp3) is 0.167. The number of nitrogens with zero attached hydrogens (tertiary/aromatic N) is 2. The molecule has 0 radical (unpaired) electrons. The Bertz CT molecular complexity index is 555. The van der Waals surface area contributed by atoms with Gasteiger partial charge in [-0.05, 0) is 35.0 Å². The van der Waals surface area contributed by atoms with Gasteiger partial charge in [0.1, 0.15) is 17.5 Å². The summed E-state index contributed by atoms with van der Waals surface area (Å²) in [5.74, 6) is -0.442. The fourth-order valence-corrected chi connectivity index (χ4v) is 1.81. The summed E-state index contributed by atoms with van der Waals surface area (Å²) in [5.41, 5.74) is 0.305. The Morgan fingerprint density at radius 1 is 1.22 bits per heavy atom. The second-order valence-corrected chi connectivity index (χ2v) is 4.43. The first-order valence-corrected chi connectivity index (χ1v) is 6.12. The number of rotatable bonds is 3. The molecule has 0 aliphatic rings. The number of hydrogen-bond donors (Lipinski definition) is 1. The van der Waals surface area contributed by atoms with Crippen LogP contribution in [0.15, 0.2) is 28.9 Å². The van der Waals surface area contributed by atoms with Gasteiger partial charge in [-0.2, -0.15) is 0 Å². The number of halogens is 3. The van der Waals surface area contributed by atoms with Crippen molar-refractivity contribution in [2.75, 3.05) is 11.9 Å². The van der Waals surface area contributed by atoms with E-state index in [9.17, 15) is 8.78 Å². The van der Waals surface area contributed by atoms with Crippen molar-refractivity contribution in [1.29, 1.82) is 0 Å². The van der Waals surface area contributed by atoms with E-state index in [4.69, 9.17) is 0 Å². The lowest BCUT2D eigenvalue weighted by Crippen LogP contribution is -2.02. The van der Waals surface area contributed by atoms with Crippen molar-refractivity contribution in [3.8, 4) is 11.4 Å². The molecule has 1 aromatic carbocycles.